The van der Waals surface area contributed by atoms with Crippen LogP contribution in [0.2, 0.25) is 0 Å². The summed E-state index contributed by atoms with van der Waals surface area (Å²) in [6.45, 7) is 1.94. The number of para-hydroxylation sites is 1. The Bertz CT molecular complexity index is 1290. The molecule has 0 fully saturated rings. The van der Waals surface area contributed by atoms with Crippen molar-refractivity contribution in [2.24, 2.45) is 0 Å². The van der Waals surface area contributed by atoms with E-state index in [4.69, 9.17) is 9.68 Å². The second-order valence-corrected chi connectivity index (χ2v) is 6.48. The molecule has 4 aromatic rings. The topological polar surface area (TPSA) is 109 Å². The van der Waals surface area contributed by atoms with Crippen molar-refractivity contribution in [3.05, 3.63) is 76.0 Å². The third-order valence-corrected chi connectivity index (χ3v) is 4.63. The van der Waals surface area contributed by atoms with Gasteiger partial charge in [-0.25, -0.2) is 4.98 Å². The maximum absolute atomic E-state index is 11.2. The predicted octanol–water partition coefficient (Wildman–Crippen LogP) is 4.75. The number of anilines is 2. The molecule has 4 rings (SSSR count). The lowest BCUT2D eigenvalue weighted by Crippen LogP contribution is -2.11. The number of hydrogen-bond donors (Lipinski definition) is 0. The molecule has 2 heterocycles. The van der Waals surface area contributed by atoms with Gasteiger partial charge in [0.15, 0.2) is 11.1 Å². The number of non-ortho nitro benzene ring substituents is 1. The first-order valence-corrected chi connectivity index (χ1v) is 8.73. The Labute approximate surface area is 165 Å². The van der Waals surface area contributed by atoms with Gasteiger partial charge in [0.25, 0.3) is 5.69 Å². The second kappa shape index (κ2) is 7.05. The molecule has 0 saturated carbocycles. The van der Waals surface area contributed by atoms with Gasteiger partial charge in [-0.3, -0.25) is 15.0 Å². The Morgan fingerprint density at radius 1 is 1.21 bits per heavy atom. The van der Waals surface area contributed by atoms with Crippen LogP contribution in [0.3, 0.4) is 0 Å². The Balaban J connectivity index is 1.74. The van der Waals surface area contributed by atoms with Crippen LogP contribution >= 0.6 is 0 Å². The van der Waals surface area contributed by atoms with Gasteiger partial charge in [-0.05, 0) is 53.9 Å². The summed E-state index contributed by atoms with van der Waals surface area (Å²) >= 11 is 0. The molecule has 2 aromatic carbocycles. The van der Waals surface area contributed by atoms with Gasteiger partial charge >= 0.3 is 6.01 Å². The maximum Gasteiger partial charge on any atom is 0.304 e. The lowest BCUT2D eigenvalue weighted by molar-refractivity contribution is -0.383. The summed E-state index contributed by atoms with van der Waals surface area (Å²) in [4.78, 5) is 21.0. The number of nitriles is 1. The molecule has 0 amide bonds. The van der Waals surface area contributed by atoms with E-state index in [1.807, 2.05) is 31.2 Å². The van der Waals surface area contributed by atoms with Gasteiger partial charge in [-0.1, -0.05) is 12.1 Å². The molecule has 0 radical (unpaired) electrons. The molecule has 0 unspecified atom stereocenters. The molecule has 0 saturated heterocycles. The minimum absolute atomic E-state index is 0.110. The molecule has 0 spiro atoms. The van der Waals surface area contributed by atoms with Gasteiger partial charge in [-0.15, -0.1) is 0 Å². The molecule has 0 aliphatic heterocycles. The summed E-state index contributed by atoms with van der Waals surface area (Å²) < 4.78 is 5.71. The zero-order chi connectivity index (χ0) is 20.5. The summed E-state index contributed by atoms with van der Waals surface area (Å²) in [5.74, 6) is 0.570. The van der Waals surface area contributed by atoms with Gasteiger partial charge < -0.3 is 4.42 Å². The third-order valence-electron chi connectivity index (χ3n) is 4.63. The molecular formula is C21H15N5O3. The fourth-order valence-electron chi connectivity index (χ4n) is 3.14. The minimum Gasteiger partial charge on any atom is -0.423 e. The lowest BCUT2D eigenvalue weighted by atomic mass is 9.99. The summed E-state index contributed by atoms with van der Waals surface area (Å²) in [6.07, 6.45) is 1.67. The number of nitrogens with zero attached hydrogens (tertiary/aromatic N) is 5. The van der Waals surface area contributed by atoms with E-state index in [-0.39, 0.29) is 17.2 Å². The molecule has 0 atom stereocenters. The number of aromatic nitrogens is 2. The summed E-state index contributed by atoms with van der Waals surface area (Å²) in [7, 11) is 1.73. The molecule has 0 bridgehead atoms. The van der Waals surface area contributed by atoms with Crippen LogP contribution in [-0.4, -0.2) is 21.9 Å². The van der Waals surface area contributed by atoms with Gasteiger partial charge in [0.2, 0.25) is 0 Å². The van der Waals surface area contributed by atoms with Crippen LogP contribution in [0.1, 0.15) is 11.1 Å². The highest BCUT2D eigenvalue weighted by molar-refractivity contribution is 5.84. The fraction of sp³-hybridized carbons (Fsp3) is 0.0952. The molecule has 0 aliphatic carbocycles. The fourth-order valence-corrected chi connectivity index (χ4v) is 3.14. The van der Waals surface area contributed by atoms with Crippen LogP contribution in [0.5, 0.6) is 0 Å². The van der Waals surface area contributed by atoms with Gasteiger partial charge in [0.1, 0.15) is 5.82 Å². The summed E-state index contributed by atoms with van der Waals surface area (Å²) in [5, 5.41) is 20.3. The monoisotopic (exact) mass is 385 g/mol. The van der Waals surface area contributed by atoms with E-state index in [1.165, 1.54) is 6.07 Å². The van der Waals surface area contributed by atoms with E-state index in [1.54, 1.807) is 36.3 Å². The Morgan fingerprint density at radius 3 is 2.76 bits per heavy atom. The normalized spacial score (nSPS) is 10.7. The number of benzene rings is 2. The Kier molecular flexibility index (Phi) is 4.41. The highest BCUT2D eigenvalue weighted by atomic mass is 16.6. The van der Waals surface area contributed by atoms with Crippen LogP contribution in [0.25, 0.3) is 22.2 Å². The quantitative estimate of drug-likeness (QED) is 0.368. The lowest BCUT2D eigenvalue weighted by Gasteiger charge is -2.15. The average molecular weight is 385 g/mol. The molecule has 8 nitrogen and oxygen atoms in total. The van der Waals surface area contributed by atoms with Crippen molar-refractivity contribution in [1.82, 2.24) is 9.97 Å². The largest absolute Gasteiger partial charge is 0.423 e. The maximum atomic E-state index is 11.2. The highest BCUT2D eigenvalue weighted by Crippen LogP contribution is 2.32. The van der Waals surface area contributed by atoms with Crippen molar-refractivity contribution in [1.29, 1.82) is 5.26 Å². The highest BCUT2D eigenvalue weighted by Gasteiger charge is 2.20. The molecule has 142 valence electrons. The summed E-state index contributed by atoms with van der Waals surface area (Å²) in [5.41, 5.74) is 3.90. The van der Waals surface area contributed by atoms with Crippen molar-refractivity contribution >= 4 is 28.6 Å². The van der Waals surface area contributed by atoms with Crippen LogP contribution in [0.4, 0.5) is 17.5 Å². The van der Waals surface area contributed by atoms with Crippen LogP contribution < -0.4 is 4.90 Å². The Morgan fingerprint density at radius 2 is 2.03 bits per heavy atom. The number of aryl methyl sites for hydroxylation is 1. The van der Waals surface area contributed by atoms with Crippen LogP contribution in [-0.2, 0) is 0 Å². The van der Waals surface area contributed by atoms with E-state index >= 15 is 0 Å². The first-order valence-electron chi connectivity index (χ1n) is 8.73. The number of oxazole rings is 1. The van der Waals surface area contributed by atoms with E-state index in [0.29, 0.717) is 17.0 Å². The predicted molar refractivity (Wildman–Crippen MR) is 108 cm³/mol. The zero-order valence-electron chi connectivity index (χ0n) is 15.7. The number of nitro groups is 1. The van der Waals surface area contributed by atoms with Crippen molar-refractivity contribution < 1.29 is 9.34 Å². The number of pyridine rings is 1. The Hall–Kier alpha value is -4.25. The van der Waals surface area contributed by atoms with Gasteiger partial charge in [0.05, 0.1) is 16.6 Å². The summed E-state index contributed by atoms with van der Waals surface area (Å²) in [6, 6.07) is 16.2. The van der Waals surface area contributed by atoms with Crippen molar-refractivity contribution in [3.8, 4) is 17.2 Å². The second-order valence-electron chi connectivity index (χ2n) is 6.48. The zero-order valence-corrected chi connectivity index (χ0v) is 15.7. The molecule has 2 aromatic heterocycles. The van der Waals surface area contributed by atoms with E-state index < -0.39 is 4.92 Å². The number of nitro benzene ring substituents is 1. The number of hydrogen-bond acceptors (Lipinski definition) is 7. The number of rotatable bonds is 4. The molecule has 29 heavy (non-hydrogen) atoms. The molecule has 0 N–H and O–H groups in total. The van der Waals surface area contributed by atoms with Crippen molar-refractivity contribution in [2.75, 3.05) is 11.9 Å². The smallest absolute Gasteiger partial charge is 0.304 e. The minimum atomic E-state index is -0.485. The average Bonchev–Trinajstić information content (AvgIpc) is 3.17. The third kappa shape index (κ3) is 3.26. The van der Waals surface area contributed by atoms with Crippen LogP contribution in [0.15, 0.2) is 59.1 Å². The number of fused-ring (bicyclic) bond motifs is 1. The first-order chi connectivity index (χ1) is 14.0. The molecule has 8 heteroatoms. The van der Waals surface area contributed by atoms with Crippen molar-refractivity contribution in [3.63, 3.8) is 0 Å². The van der Waals surface area contributed by atoms with Crippen molar-refractivity contribution in [2.45, 2.75) is 6.92 Å². The van der Waals surface area contributed by atoms with Crippen LogP contribution in [0, 0.1) is 28.4 Å². The van der Waals surface area contributed by atoms with E-state index in [0.717, 1.165) is 16.7 Å². The molecular weight excluding hydrogens is 370 g/mol. The molecule has 0 aliphatic rings. The van der Waals surface area contributed by atoms with E-state index in [9.17, 15) is 10.1 Å². The standard InChI is InChI=1S/C21H15N5O3/c1-13-10-14(12-22)6-7-16(13)15-8-9-23-19(11-15)25(2)21-24-20-17(26(27)28)4-3-5-18(20)29-21/h3-11H,1-2H3. The van der Waals surface area contributed by atoms with Gasteiger partial charge in [0, 0.05) is 19.3 Å². The SMILES string of the molecule is Cc1cc(C#N)ccc1-c1ccnc(N(C)c2nc3c([N+](=O)[O-])cccc3o2)c1. The van der Waals surface area contributed by atoms with E-state index in [2.05, 4.69) is 16.0 Å². The first kappa shape index (κ1) is 18.1. The van der Waals surface area contributed by atoms with Gasteiger partial charge in [-0.2, -0.15) is 10.2 Å².